The summed E-state index contributed by atoms with van der Waals surface area (Å²) in [5.41, 5.74) is 13.4. The van der Waals surface area contributed by atoms with Crippen molar-refractivity contribution in [1.29, 1.82) is 0 Å². The first-order chi connectivity index (χ1) is 15.4. The van der Waals surface area contributed by atoms with Crippen molar-refractivity contribution >= 4 is 16.7 Å². The average molecular weight is 421 g/mol. The van der Waals surface area contributed by atoms with Gasteiger partial charge in [0.05, 0.1) is 17.0 Å². The second-order valence-corrected chi connectivity index (χ2v) is 9.46. The molecule has 0 unspecified atom stereocenters. The fourth-order valence-corrected chi connectivity index (χ4v) is 5.82. The molecule has 1 aliphatic carbocycles. The van der Waals surface area contributed by atoms with Gasteiger partial charge in [-0.3, -0.25) is 0 Å². The average Bonchev–Trinajstić information content (AvgIpc) is 3.43. The van der Waals surface area contributed by atoms with Gasteiger partial charge in [0.15, 0.2) is 5.65 Å². The Morgan fingerprint density at radius 1 is 0.812 bits per heavy atom. The van der Waals surface area contributed by atoms with Crippen LogP contribution in [0.1, 0.15) is 45.2 Å². The minimum absolute atomic E-state index is 0.408. The van der Waals surface area contributed by atoms with E-state index in [0.29, 0.717) is 6.04 Å². The van der Waals surface area contributed by atoms with Crippen molar-refractivity contribution in [2.24, 2.45) is 0 Å². The molecule has 0 saturated carbocycles. The lowest BCUT2D eigenvalue weighted by Gasteiger charge is -2.15. The number of rotatable bonds is 2. The maximum atomic E-state index is 5.07. The van der Waals surface area contributed by atoms with E-state index in [1.54, 1.807) is 0 Å². The summed E-state index contributed by atoms with van der Waals surface area (Å²) in [6.45, 7) is 10.8. The van der Waals surface area contributed by atoms with Crippen LogP contribution in [-0.4, -0.2) is 19.2 Å². The molecular weight excluding hydrogens is 392 g/mol. The van der Waals surface area contributed by atoms with Gasteiger partial charge in [0.2, 0.25) is 0 Å². The maximum Gasteiger partial charge on any atom is 0.165 e. The molecule has 0 radical (unpaired) electrons. The normalized spacial score (nSPS) is 14.0. The molecule has 1 aliphatic rings. The number of fused-ring (bicyclic) bond motifs is 4. The summed E-state index contributed by atoms with van der Waals surface area (Å²) in [5, 5.41) is 6.23. The summed E-state index contributed by atoms with van der Waals surface area (Å²) in [7, 11) is 0. The second kappa shape index (κ2) is 6.80. The Morgan fingerprint density at radius 2 is 1.47 bits per heavy atom. The van der Waals surface area contributed by atoms with Crippen molar-refractivity contribution in [2.75, 3.05) is 0 Å². The maximum absolute atomic E-state index is 5.07. The summed E-state index contributed by atoms with van der Waals surface area (Å²) in [6.07, 6.45) is 4.35. The predicted molar refractivity (Wildman–Crippen MR) is 130 cm³/mol. The van der Waals surface area contributed by atoms with E-state index < -0.39 is 0 Å². The van der Waals surface area contributed by atoms with Crippen LogP contribution in [-0.2, 0) is 12.8 Å². The molecule has 6 rings (SSSR count). The van der Waals surface area contributed by atoms with Crippen molar-refractivity contribution in [2.45, 2.75) is 53.5 Å². The topological polar surface area (TPSA) is 35.1 Å². The summed E-state index contributed by atoms with van der Waals surface area (Å²) in [5.74, 6) is 0. The summed E-state index contributed by atoms with van der Waals surface area (Å²) >= 11 is 0. The standard InChI is InChI=1S/C28H28N4/c1-16-12-17(2)25(18(3)13-16)26-20(5)30-32-27(26)29-19(4)24-10-11-31(28(24)32)23-14-21-8-6-7-9-22(21)15-23/h6-13,23H,14-15H2,1-5H3. The Bertz CT molecular complexity index is 1480. The van der Waals surface area contributed by atoms with Crippen LogP contribution in [0.15, 0.2) is 48.7 Å². The third kappa shape index (κ3) is 2.68. The molecule has 0 amide bonds. The van der Waals surface area contributed by atoms with E-state index in [2.05, 4.69) is 92.4 Å². The third-order valence-electron chi connectivity index (χ3n) is 7.14. The van der Waals surface area contributed by atoms with Crippen LogP contribution in [0.25, 0.3) is 27.8 Å². The zero-order valence-corrected chi connectivity index (χ0v) is 19.4. The molecule has 4 nitrogen and oxygen atoms in total. The zero-order chi connectivity index (χ0) is 22.1. The number of hydrogen-bond donors (Lipinski definition) is 0. The Hall–Kier alpha value is -3.40. The number of benzene rings is 2. The van der Waals surface area contributed by atoms with E-state index in [9.17, 15) is 0 Å². The van der Waals surface area contributed by atoms with Crippen LogP contribution in [0.5, 0.6) is 0 Å². The highest BCUT2D eigenvalue weighted by atomic mass is 15.3. The fraction of sp³-hybridized carbons (Fsp3) is 0.286. The SMILES string of the molecule is Cc1cc(C)c(-c2c(C)nn3c2nc(C)c2ccn(C4Cc5ccccc5C4)c23)c(C)c1. The molecule has 0 saturated heterocycles. The molecule has 3 heterocycles. The van der Waals surface area contributed by atoms with E-state index in [1.165, 1.54) is 38.8 Å². The van der Waals surface area contributed by atoms with Gasteiger partial charge in [-0.25, -0.2) is 4.98 Å². The van der Waals surface area contributed by atoms with E-state index in [-0.39, 0.29) is 0 Å². The number of aryl methyl sites for hydroxylation is 5. The minimum atomic E-state index is 0.408. The van der Waals surface area contributed by atoms with E-state index >= 15 is 0 Å². The van der Waals surface area contributed by atoms with Crippen molar-refractivity contribution < 1.29 is 0 Å². The van der Waals surface area contributed by atoms with Gasteiger partial charge in [0.25, 0.3) is 0 Å². The summed E-state index contributed by atoms with van der Waals surface area (Å²) < 4.78 is 4.52. The Balaban J connectivity index is 1.61. The fourth-order valence-electron chi connectivity index (χ4n) is 5.82. The largest absolute Gasteiger partial charge is 0.329 e. The first-order valence-corrected chi connectivity index (χ1v) is 11.4. The van der Waals surface area contributed by atoms with Gasteiger partial charge in [-0.1, -0.05) is 42.0 Å². The van der Waals surface area contributed by atoms with Gasteiger partial charge in [-0.05, 0) is 81.3 Å². The molecule has 0 aliphatic heterocycles. The highest BCUT2D eigenvalue weighted by Gasteiger charge is 2.26. The van der Waals surface area contributed by atoms with Gasteiger partial charge in [-0.15, -0.1) is 0 Å². The first-order valence-electron chi connectivity index (χ1n) is 11.4. The quantitative estimate of drug-likeness (QED) is 0.339. The molecule has 0 fully saturated rings. The molecular formula is C28H28N4. The Kier molecular flexibility index (Phi) is 4.10. The third-order valence-corrected chi connectivity index (χ3v) is 7.14. The van der Waals surface area contributed by atoms with Crippen LogP contribution in [0, 0.1) is 34.6 Å². The highest BCUT2D eigenvalue weighted by Crippen LogP contribution is 2.37. The van der Waals surface area contributed by atoms with E-state index in [4.69, 9.17) is 10.1 Å². The zero-order valence-electron chi connectivity index (χ0n) is 19.4. The van der Waals surface area contributed by atoms with Gasteiger partial charge in [0, 0.05) is 17.6 Å². The van der Waals surface area contributed by atoms with Crippen LogP contribution in [0.2, 0.25) is 0 Å². The van der Waals surface area contributed by atoms with Crippen LogP contribution in [0.3, 0.4) is 0 Å². The minimum Gasteiger partial charge on any atom is -0.329 e. The van der Waals surface area contributed by atoms with E-state index in [0.717, 1.165) is 41.1 Å². The molecule has 160 valence electrons. The number of aromatic nitrogens is 4. The lowest BCUT2D eigenvalue weighted by atomic mass is 9.94. The second-order valence-electron chi connectivity index (χ2n) is 9.46. The molecule has 3 aromatic heterocycles. The van der Waals surface area contributed by atoms with Crippen LogP contribution >= 0.6 is 0 Å². The molecule has 0 spiro atoms. The highest BCUT2D eigenvalue weighted by molar-refractivity contribution is 5.89. The van der Waals surface area contributed by atoms with Gasteiger partial charge < -0.3 is 4.57 Å². The molecule has 5 aromatic rings. The van der Waals surface area contributed by atoms with E-state index in [1.807, 2.05) is 0 Å². The first kappa shape index (κ1) is 19.3. The van der Waals surface area contributed by atoms with Gasteiger partial charge in [-0.2, -0.15) is 9.61 Å². The molecule has 0 N–H and O–H groups in total. The number of hydrogen-bond acceptors (Lipinski definition) is 2. The molecule has 4 heteroatoms. The van der Waals surface area contributed by atoms with Crippen molar-refractivity contribution in [3.8, 4) is 11.1 Å². The van der Waals surface area contributed by atoms with Crippen molar-refractivity contribution in [1.82, 2.24) is 19.2 Å². The molecule has 2 aromatic carbocycles. The predicted octanol–water partition coefficient (Wildman–Crippen LogP) is 6.23. The Morgan fingerprint density at radius 3 is 2.12 bits per heavy atom. The van der Waals surface area contributed by atoms with Gasteiger partial charge in [0.1, 0.15) is 5.65 Å². The van der Waals surface area contributed by atoms with Gasteiger partial charge >= 0.3 is 0 Å². The molecule has 0 atom stereocenters. The lowest BCUT2D eigenvalue weighted by molar-refractivity contribution is 0.539. The summed E-state index contributed by atoms with van der Waals surface area (Å²) in [4.78, 5) is 5.07. The Labute approximate surface area is 188 Å². The van der Waals surface area contributed by atoms with Crippen LogP contribution < -0.4 is 0 Å². The number of nitrogens with zero attached hydrogens (tertiary/aromatic N) is 4. The lowest BCUT2D eigenvalue weighted by Crippen LogP contribution is -2.11. The van der Waals surface area contributed by atoms with Crippen LogP contribution in [0.4, 0.5) is 0 Å². The van der Waals surface area contributed by atoms with Crippen molar-refractivity contribution in [3.63, 3.8) is 0 Å². The van der Waals surface area contributed by atoms with Crippen molar-refractivity contribution in [3.05, 3.63) is 87.9 Å². The monoisotopic (exact) mass is 420 g/mol. The molecule has 0 bridgehead atoms. The summed E-state index contributed by atoms with van der Waals surface area (Å²) in [6, 6.07) is 16.0. The smallest absolute Gasteiger partial charge is 0.165 e. The molecule has 32 heavy (non-hydrogen) atoms.